The zero-order valence-corrected chi connectivity index (χ0v) is 17.8. The first-order chi connectivity index (χ1) is 15.1. The lowest BCUT2D eigenvalue weighted by Crippen LogP contribution is -2.43. The Balaban J connectivity index is 1.34. The summed E-state index contributed by atoms with van der Waals surface area (Å²) in [7, 11) is 1.38. The normalized spacial score (nSPS) is 16.5. The molecule has 2 heterocycles. The van der Waals surface area contributed by atoms with Crippen LogP contribution in [0.25, 0.3) is 21.8 Å². The van der Waals surface area contributed by atoms with Crippen molar-refractivity contribution in [2.45, 2.75) is 25.3 Å². The predicted octanol–water partition coefficient (Wildman–Crippen LogP) is 3.38. The van der Waals surface area contributed by atoms with E-state index in [9.17, 15) is 9.59 Å². The molecule has 31 heavy (non-hydrogen) atoms. The highest BCUT2D eigenvalue weighted by Gasteiger charge is 2.24. The summed E-state index contributed by atoms with van der Waals surface area (Å²) in [6.07, 6.45) is 1.77. The molecule has 0 spiro atoms. The minimum Gasteiger partial charge on any atom is -0.469 e. The van der Waals surface area contributed by atoms with Crippen LogP contribution in [0.4, 0.5) is 4.79 Å². The number of ether oxygens (including phenoxy) is 2. The number of methoxy groups -OCH3 is 1. The Hall–Kier alpha value is -2.90. The number of carbonyl (C=O) groups excluding carboxylic acids is 2. The number of hydrogen-bond acceptors (Lipinski definition) is 6. The lowest BCUT2D eigenvalue weighted by atomic mass is 9.97. The quantitative estimate of drug-likeness (QED) is 0.612. The maximum Gasteiger partial charge on any atom is 0.418 e. The molecule has 1 fully saturated rings. The van der Waals surface area contributed by atoms with Gasteiger partial charge in [-0.3, -0.25) is 4.79 Å². The smallest absolute Gasteiger partial charge is 0.418 e. The monoisotopic (exact) mass is 423 g/mol. The number of rotatable bonds is 6. The van der Waals surface area contributed by atoms with E-state index in [0.29, 0.717) is 19.1 Å². The van der Waals surface area contributed by atoms with Gasteiger partial charge in [0.15, 0.2) is 0 Å². The molecule has 1 atom stereocenters. The van der Waals surface area contributed by atoms with Gasteiger partial charge in [0.25, 0.3) is 0 Å². The van der Waals surface area contributed by atoms with Gasteiger partial charge < -0.3 is 20.1 Å². The second-order valence-electron chi connectivity index (χ2n) is 8.23. The number of aromatic nitrogens is 1. The number of hydrogen-bond donors (Lipinski definition) is 1. The molecule has 164 valence electrons. The number of benzene rings is 2. The molecule has 2 N–H and O–H groups in total. The summed E-state index contributed by atoms with van der Waals surface area (Å²) >= 11 is 0. The van der Waals surface area contributed by atoms with Gasteiger partial charge in [-0.1, -0.05) is 36.4 Å². The van der Waals surface area contributed by atoms with Crippen LogP contribution in [0.3, 0.4) is 0 Å². The van der Waals surface area contributed by atoms with E-state index in [-0.39, 0.29) is 24.5 Å². The zero-order valence-electron chi connectivity index (χ0n) is 17.8. The fraction of sp³-hybridized carbons (Fsp3) is 0.417. The number of nitrogens with zero attached hydrogens (tertiary/aromatic N) is 2. The van der Waals surface area contributed by atoms with Gasteiger partial charge >= 0.3 is 12.1 Å². The Kier molecular flexibility index (Phi) is 6.53. The topological polar surface area (TPSA) is 86.8 Å². The molecule has 0 amide bonds. The van der Waals surface area contributed by atoms with Gasteiger partial charge in [-0.2, -0.15) is 0 Å². The summed E-state index contributed by atoms with van der Waals surface area (Å²) in [5, 5.41) is 2.10. The Morgan fingerprint density at radius 3 is 2.19 bits per heavy atom. The standard InChI is InChI=1S/C24H29N3O4/c1-30-23(28)14-18(25)15-26-12-10-17(11-13-26)16-31-24(29)27-21-8-4-2-6-19(21)20-7-3-5-9-22(20)27/h2-9,17-18H,10-16,25H2,1H3/t18-/m0/s1. The van der Waals surface area contributed by atoms with Crippen LogP contribution in [0.2, 0.25) is 0 Å². The first-order valence-corrected chi connectivity index (χ1v) is 10.8. The number of likely N-dealkylation sites (tertiary alicyclic amines) is 1. The van der Waals surface area contributed by atoms with Crippen molar-refractivity contribution in [3.63, 3.8) is 0 Å². The van der Waals surface area contributed by atoms with Crippen LogP contribution in [0, 0.1) is 5.92 Å². The minimum atomic E-state index is -0.333. The van der Waals surface area contributed by atoms with E-state index < -0.39 is 0 Å². The molecule has 3 aromatic rings. The van der Waals surface area contributed by atoms with Crippen molar-refractivity contribution >= 4 is 33.9 Å². The van der Waals surface area contributed by atoms with Gasteiger partial charge in [0, 0.05) is 23.4 Å². The summed E-state index contributed by atoms with van der Waals surface area (Å²) in [6.45, 7) is 2.84. The summed E-state index contributed by atoms with van der Waals surface area (Å²) in [5.41, 5.74) is 7.77. The number of piperidine rings is 1. The Bertz CT molecular complexity index is 1020. The van der Waals surface area contributed by atoms with Crippen molar-refractivity contribution < 1.29 is 19.1 Å². The highest BCUT2D eigenvalue weighted by atomic mass is 16.5. The molecule has 2 aromatic carbocycles. The average Bonchev–Trinajstić information content (AvgIpc) is 3.13. The lowest BCUT2D eigenvalue weighted by Gasteiger charge is -2.33. The number of carbonyl (C=O) groups is 2. The molecule has 7 heteroatoms. The Morgan fingerprint density at radius 2 is 1.61 bits per heavy atom. The maximum atomic E-state index is 13.0. The van der Waals surface area contributed by atoms with Gasteiger partial charge in [0.2, 0.25) is 0 Å². The van der Waals surface area contributed by atoms with E-state index >= 15 is 0 Å². The molecule has 0 bridgehead atoms. The van der Waals surface area contributed by atoms with Crippen molar-refractivity contribution in [2.75, 3.05) is 33.4 Å². The molecule has 7 nitrogen and oxygen atoms in total. The number of esters is 1. The third-order valence-electron chi connectivity index (χ3n) is 6.06. The molecule has 1 saturated heterocycles. The molecule has 1 aromatic heterocycles. The van der Waals surface area contributed by atoms with Crippen LogP contribution in [0.5, 0.6) is 0 Å². The molecule has 1 aliphatic heterocycles. The number of fused-ring (bicyclic) bond motifs is 3. The largest absolute Gasteiger partial charge is 0.469 e. The third-order valence-corrected chi connectivity index (χ3v) is 6.06. The lowest BCUT2D eigenvalue weighted by molar-refractivity contribution is -0.141. The van der Waals surface area contributed by atoms with Gasteiger partial charge in [0.1, 0.15) is 0 Å². The van der Waals surface area contributed by atoms with Gasteiger partial charge in [-0.25, -0.2) is 9.36 Å². The second kappa shape index (κ2) is 9.49. The van der Waals surface area contributed by atoms with Crippen LogP contribution < -0.4 is 5.73 Å². The van der Waals surface area contributed by atoms with E-state index in [4.69, 9.17) is 10.5 Å². The summed E-state index contributed by atoms with van der Waals surface area (Å²) in [5.74, 6) is 0.0458. The highest BCUT2D eigenvalue weighted by molar-refractivity contribution is 6.12. The molecule has 0 aliphatic carbocycles. The van der Waals surface area contributed by atoms with E-state index in [1.807, 2.05) is 48.5 Å². The molecular formula is C24H29N3O4. The fourth-order valence-electron chi connectivity index (χ4n) is 4.40. The Labute approximate surface area is 181 Å². The van der Waals surface area contributed by atoms with Crippen molar-refractivity contribution in [1.29, 1.82) is 0 Å². The first kappa shape index (κ1) is 21.3. The maximum absolute atomic E-state index is 13.0. The van der Waals surface area contributed by atoms with Crippen molar-refractivity contribution in [3.8, 4) is 0 Å². The minimum absolute atomic E-state index is 0.225. The second-order valence-corrected chi connectivity index (χ2v) is 8.23. The van der Waals surface area contributed by atoms with Crippen molar-refractivity contribution in [1.82, 2.24) is 9.47 Å². The molecule has 4 rings (SSSR count). The fourth-order valence-corrected chi connectivity index (χ4v) is 4.40. The SMILES string of the molecule is COC(=O)C[C@H](N)CN1CCC(COC(=O)n2c3ccccc3c3ccccc32)CC1. The van der Waals surface area contributed by atoms with E-state index in [1.165, 1.54) is 7.11 Å². The van der Waals surface area contributed by atoms with E-state index in [2.05, 4.69) is 9.64 Å². The molecule has 0 saturated carbocycles. The van der Waals surface area contributed by atoms with Crippen LogP contribution in [-0.4, -0.2) is 60.9 Å². The highest BCUT2D eigenvalue weighted by Crippen LogP contribution is 2.29. The molecule has 0 radical (unpaired) electrons. The predicted molar refractivity (Wildman–Crippen MR) is 120 cm³/mol. The van der Waals surface area contributed by atoms with E-state index in [0.717, 1.165) is 47.7 Å². The van der Waals surface area contributed by atoms with Gasteiger partial charge in [-0.05, 0) is 44.0 Å². The Morgan fingerprint density at radius 1 is 1.03 bits per heavy atom. The zero-order chi connectivity index (χ0) is 21.8. The van der Waals surface area contributed by atoms with Gasteiger partial charge in [0.05, 0.1) is 31.2 Å². The summed E-state index contributed by atoms with van der Waals surface area (Å²) in [6, 6.07) is 15.6. The summed E-state index contributed by atoms with van der Waals surface area (Å²) in [4.78, 5) is 26.6. The van der Waals surface area contributed by atoms with E-state index in [1.54, 1.807) is 4.57 Å². The summed E-state index contributed by atoms with van der Waals surface area (Å²) < 4.78 is 12.1. The number of para-hydroxylation sites is 2. The average molecular weight is 424 g/mol. The molecule has 0 unspecified atom stereocenters. The van der Waals surface area contributed by atoms with Crippen LogP contribution in [-0.2, 0) is 14.3 Å². The van der Waals surface area contributed by atoms with Crippen LogP contribution in [0.1, 0.15) is 19.3 Å². The molecule has 1 aliphatic rings. The first-order valence-electron chi connectivity index (χ1n) is 10.8. The van der Waals surface area contributed by atoms with Crippen molar-refractivity contribution in [3.05, 3.63) is 48.5 Å². The van der Waals surface area contributed by atoms with Crippen LogP contribution in [0.15, 0.2) is 48.5 Å². The van der Waals surface area contributed by atoms with Crippen molar-refractivity contribution in [2.24, 2.45) is 11.7 Å². The number of nitrogens with two attached hydrogens (primary N) is 1. The van der Waals surface area contributed by atoms with Crippen LogP contribution >= 0.6 is 0 Å². The van der Waals surface area contributed by atoms with Gasteiger partial charge in [-0.15, -0.1) is 0 Å². The molecular weight excluding hydrogens is 394 g/mol. The third kappa shape index (κ3) is 4.73.